The van der Waals surface area contributed by atoms with E-state index in [1.54, 1.807) is 18.2 Å². The smallest absolute Gasteiger partial charge is 0.320 e. The molecule has 5 heteroatoms. The van der Waals surface area contributed by atoms with Crippen LogP contribution >= 0.6 is 11.6 Å². The van der Waals surface area contributed by atoms with Crippen molar-refractivity contribution in [3.8, 4) is 5.75 Å². The van der Waals surface area contributed by atoms with Crippen LogP contribution in [0.4, 0.5) is 0 Å². The van der Waals surface area contributed by atoms with Gasteiger partial charge in [-0.2, -0.15) is 0 Å². The van der Waals surface area contributed by atoms with E-state index in [1.165, 1.54) is 12.8 Å². The molecule has 0 amide bonds. The Morgan fingerprint density at radius 1 is 1.56 bits per heavy atom. The lowest BCUT2D eigenvalue weighted by Crippen LogP contribution is -2.32. The van der Waals surface area contributed by atoms with E-state index in [1.807, 2.05) is 0 Å². The summed E-state index contributed by atoms with van der Waals surface area (Å²) in [4.78, 5) is 10.7. The van der Waals surface area contributed by atoms with Gasteiger partial charge in [0.25, 0.3) is 0 Å². The van der Waals surface area contributed by atoms with Crippen molar-refractivity contribution in [3.05, 3.63) is 28.8 Å². The van der Waals surface area contributed by atoms with Crippen LogP contribution in [0.2, 0.25) is 5.02 Å². The Kier molecular flexibility index (Phi) is 4.09. The molecule has 1 fully saturated rings. The summed E-state index contributed by atoms with van der Waals surface area (Å²) in [5.41, 5.74) is 6.27. The van der Waals surface area contributed by atoms with Crippen molar-refractivity contribution < 1.29 is 14.6 Å². The maximum atomic E-state index is 10.7. The Labute approximate surface area is 111 Å². The van der Waals surface area contributed by atoms with E-state index in [4.69, 9.17) is 27.2 Å². The second-order valence-corrected chi connectivity index (χ2v) is 5.08. The highest BCUT2D eigenvalue weighted by Gasteiger charge is 2.22. The summed E-state index contributed by atoms with van der Waals surface area (Å²) in [6.45, 7) is 0.702. The number of carboxylic acid groups (broad SMARTS) is 1. The summed E-state index contributed by atoms with van der Waals surface area (Å²) in [7, 11) is 0. The molecule has 0 aromatic heterocycles. The minimum atomic E-state index is -1.01. The third-order valence-corrected chi connectivity index (χ3v) is 3.24. The fourth-order valence-electron chi connectivity index (χ4n) is 1.62. The zero-order valence-electron chi connectivity index (χ0n) is 9.93. The number of benzene rings is 1. The summed E-state index contributed by atoms with van der Waals surface area (Å²) in [6, 6.07) is 4.39. The monoisotopic (exact) mass is 269 g/mol. The van der Waals surface area contributed by atoms with Gasteiger partial charge in [0.2, 0.25) is 0 Å². The summed E-state index contributed by atoms with van der Waals surface area (Å²) in [5, 5.41) is 9.24. The van der Waals surface area contributed by atoms with Crippen LogP contribution in [0.3, 0.4) is 0 Å². The second kappa shape index (κ2) is 5.59. The van der Waals surface area contributed by atoms with E-state index >= 15 is 0 Å². The van der Waals surface area contributed by atoms with Gasteiger partial charge in [0.1, 0.15) is 11.8 Å². The number of hydrogen-bond donors (Lipinski definition) is 2. The average Bonchev–Trinajstić information content (AvgIpc) is 3.11. The van der Waals surface area contributed by atoms with Crippen LogP contribution in [0.15, 0.2) is 18.2 Å². The van der Waals surface area contributed by atoms with Gasteiger partial charge in [0.15, 0.2) is 0 Å². The van der Waals surface area contributed by atoms with Crippen LogP contribution in [0.5, 0.6) is 5.75 Å². The zero-order chi connectivity index (χ0) is 13.1. The molecule has 4 nitrogen and oxygen atoms in total. The van der Waals surface area contributed by atoms with Crippen LogP contribution in [0, 0.1) is 5.92 Å². The quantitative estimate of drug-likeness (QED) is 0.829. The molecule has 0 bridgehead atoms. The van der Waals surface area contributed by atoms with Crippen molar-refractivity contribution in [1.82, 2.24) is 0 Å². The lowest BCUT2D eigenvalue weighted by molar-refractivity contribution is -0.138. The SMILES string of the molecule is NC(Cc1ccc(OCC2CC2)c(Cl)c1)C(=O)O. The predicted molar refractivity (Wildman–Crippen MR) is 69.0 cm³/mol. The Morgan fingerprint density at radius 2 is 2.28 bits per heavy atom. The van der Waals surface area contributed by atoms with Crippen LogP contribution in [-0.2, 0) is 11.2 Å². The molecule has 1 aromatic rings. The molecule has 1 unspecified atom stereocenters. The highest BCUT2D eigenvalue weighted by Crippen LogP contribution is 2.32. The van der Waals surface area contributed by atoms with Gasteiger partial charge < -0.3 is 15.6 Å². The van der Waals surface area contributed by atoms with Crippen LogP contribution in [0.25, 0.3) is 0 Å². The van der Waals surface area contributed by atoms with Gasteiger partial charge in [-0.15, -0.1) is 0 Å². The third kappa shape index (κ3) is 3.62. The van der Waals surface area contributed by atoms with Gasteiger partial charge in [-0.25, -0.2) is 0 Å². The molecule has 18 heavy (non-hydrogen) atoms. The molecular formula is C13H16ClNO3. The lowest BCUT2D eigenvalue weighted by Gasteiger charge is -2.10. The van der Waals surface area contributed by atoms with Crippen molar-refractivity contribution in [2.24, 2.45) is 11.7 Å². The molecule has 1 aliphatic carbocycles. The summed E-state index contributed by atoms with van der Waals surface area (Å²) in [5.74, 6) is 0.303. The molecule has 1 saturated carbocycles. The molecule has 1 aliphatic rings. The molecular weight excluding hydrogens is 254 g/mol. The molecule has 0 spiro atoms. The van der Waals surface area contributed by atoms with Gasteiger partial charge >= 0.3 is 5.97 Å². The number of nitrogens with two attached hydrogens (primary N) is 1. The van der Waals surface area contributed by atoms with Crippen LogP contribution < -0.4 is 10.5 Å². The number of carbonyl (C=O) groups is 1. The van der Waals surface area contributed by atoms with Crippen molar-refractivity contribution >= 4 is 17.6 Å². The van der Waals surface area contributed by atoms with Crippen LogP contribution in [-0.4, -0.2) is 23.7 Å². The van der Waals surface area contributed by atoms with Crippen molar-refractivity contribution in [3.63, 3.8) is 0 Å². The van der Waals surface area contributed by atoms with E-state index in [9.17, 15) is 4.79 Å². The topological polar surface area (TPSA) is 72.5 Å². The van der Waals surface area contributed by atoms with E-state index in [2.05, 4.69) is 0 Å². The molecule has 1 aromatic carbocycles. The fraction of sp³-hybridized carbons (Fsp3) is 0.462. The minimum Gasteiger partial charge on any atom is -0.492 e. The molecule has 2 rings (SSSR count). The number of carboxylic acids is 1. The van der Waals surface area contributed by atoms with E-state index in [-0.39, 0.29) is 6.42 Å². The number of halogens is 1. The largest absolute Gasteiger partial charge is 0.492 e. The molecule has 1 atom stereocenters. The van der Waals surface area contributed by atoms with Crippen molar-refractivity contribution in [1.29, 1.82) is 0 Å². The van der Waals surface area contributed by atoms with Crippen molar-refractivity contribution in [2.45, 2.75) is 25.3 Å². The summed E-state index contributed by atoms with van der Waals surface area (Å²) < 4.78 is 5.59. The normalized spacial score (nSPS) is 16.3. The van der Waals surface area contributed by atoms with Gasteiger partial charge in [-0.3, -0.25) is 4.79 Å². The number of ether oxygens (including phenoxy) is 1. The number of hydrogen-bond acceptors (Lipinski definition) is 3. The Balaban J connectivity index is 1.97. The first kappa shape index (κ1) is 13.2. The lowest BCUT2D eigenvalue weighted by atomic mass is 10.1. The molecule has 98 valence electrons. The minimum absolute atomic E-state index is 0.262. The highest BCUT2D eigenvalue weighted by molar-refractivity contribution is 6.32. The van der Waals surface area contributed by atoms with Crippen molar-refractivity contribution in [2.75, 3.05) is 6.61 Å². The molecule has 0 radical (unpaired) electrons. The van der Waals surface area contributed by atoms with Gasteiger partial charge in [0, 0.05) is 0 Å². The average molecular weight is 270 g/mol. The highest BCUT2D eigenvalue weighted by atomic mass is 35.5. The van der Waals surface area contributed by atoms with E-state index in [0.717, 1.165) is 5.56 Å². The standard InChI is InChI=1S/C13H16ClNO3/c14-10-5-9(6-11(15)13(16)17)3-4-12(10)18-7-8-1-2-8/h3-5,8,11H,1-2,6-7,15H2,(H,16,17). The molecule has 0 heterocycles. The first-order chi connectivity index (χ1) is 8.56. The van der Waals surface area contributed by atoms with Gasteiger partial charge in [0.05, 0.1) is 11.6 Å². The Morgan fingerprint density at radius 3 is 2.83 bits per heavy atom. The zero-order valence-corrected chi connectivity index (χ0v) is 10.7. The Hall–Kier alpha value is -1.26. The molecule has 0 saturated heterocycles. The first-order valence-corrected chi connectivity index (χ1v) is 6.33. The fourth-order valence-corrected chi connectivity index (χ4v) is 1.88. The molecule has 3 N–H and O–H groups in total. The summed E-state index contributed by atoms with van der Waals surface area (Å²) >= 11 is 6.08. The maximum Gasteiger partial charge on any atom is 0.320 e. The summed E-state index contributed by atoms with van der Waals surface area (Å²) in [6.07, 6.45) is 2.71. The van der Waals surface area contributed by atoms with E-state index in [0.29, 0.717) is 23.3 Å². The predicted octanol–water partition coefficient (Wildman–Crippen LogP) is 2.08. The van der Waals surface area contributed by atoms with Gasteiger partial charge in [-0.05, 0) is 42.9 Å². The number of aliphatic carboxylic acids is 1. The van der Waals surface area contributed by atoms with Crippen LogP contribution in [0.1, 0.15) is 18.4 Å². The molecule has 0 aliphatic heterocycles. The van der Waals surface area contributed by atoms with E-state index < -0.39 is 12.0 Å². The maximum absolute atomic E-state index is 10.7. The van der Waals surface area contributed by atoms with Gasteiger partial charge in [-0.1, -0.05) is 17.7 Å². The number of rotatable bonds is 6. The Bertz CT molecular complexity index is 446. The second-order valence-electron chi connectivity index (χ2n) is 4.67. The first-order valence-electron chi connectivity index (χ1n) is 5.96. The third-order valence-electron chi connectivity index (χ3n) is 2.94.